The number of hydrogen-bond donors (Lipinski definition) is 2. The molecule has 0 bridgehead atoms. The van der Waals surface area contributed by atoms with Gasteiger partial charge in [-0.1, -0.05) is 23.9 Å². The molecule has 2 heterocycles. The van der Waals surface area contributed by atoms with Crippen LogP contribution < -0.4 is 11.1 Å². The highest BCUT2D eigenvalue weighted by Gasteiger charge is 2.29. The van der Waals surface area contributed by atoms with Crippen molar-refractivity contribution in [2.45, 2.75) is 25.8 Å². The van der Waals surface area contributed by atoms with E-state index in [1.54, 1.807) is 22.5 Å². The van der Waals surface area contributed by atoms with Gasteiger partial charge >= 0.3 is 0 Å². The molecule has 0 saturated carbocycles. The van der Waals surface area contributed by atoms with E-state index < -0.39 is 0 Å². The van der Waals surface area contributed by atoms with Crippen molar-refractivity contribution >= 4 is 28.5 Å². The van der Waals surface area contributed by atoms with E-state index in [1.807, 2.05) is 38.2 Å². The molecule has 24 heavy (non-hydrogen) atoms. The number of nitrogens with zero attached hydrogens (tertiary/aromatic N) is 3. The summed E-state index contributed by atoms with van der Waals surface area (Å²) in [6.07, 6.45) is 0.912. The van der Waals surface area contributed by atoms with Gasteiger partial charge in [-0.05, 0) is 44.0 Å². The Balaban J connectivity index is 1.83. The maximum Gasteiger partial charge on any atom is 0.276 e. The molecule has 6 nitrogen and oxygen atoms in total. The Morgan fingerprint density at radius 3 is 2.88 bits per heavy atom. The second kappa shape index (κ2) is 6.32. The summed E-state index contributed by atoms with van der Waals surface area (Å²) in [6.45, 7) is 3.98. The molecule has 0 aliphatic carbocycles. The van der Waals surface area contributed by atoms with Crippen molar-refractivity contribution in [3.05, 3.63) is 47.3 Å². The van der Waals surface area contributed by atoms with E-state index >= 15 is 0 Å². The van der Waals surface area contributed by atoms with Gasteiger partial charge in [0.2, 0.25) is 0 Å². The minimum atomic E-state index is -0.350. The molecular weight excluding hydrogens is 322 g/mol. The molecule has 1 aliphatic rings. The van der Waals surface area contributed by atoms with E-state index in [4.69, 9.17) is 5.73 Å². The van der Waals surface area contributed by atoms with Crippen LogP contribution in [0.5, 0.6) is 0 Å². The fourth-order valence-electron chi connectivity index (χ4n) is 2.69. The van der Waals surface area contributed by atoms with Crippen LogP contribution in [-0.2, 0) is 12.6 Å². The summed E-state index contributed by atoms with van der Waals surface area (Å²) < 4.78 is 1.68. The van der Waals surface area contributed by atoms with Gasteiger partial charge in [0.05, 0.1) is 5.54 Å². The number of benzene rings is 1. The molecule has 1 atom stereocenters. The van der Waals surface area contributed by atoms with Crippen LogP contribution in [0.4, 0.5) is 5.69 Å². The zero-order valence-corrected chi connectivity index (χ0v) is 14.9. The third-order valence-electron chi connectivity index (χ3n) is 4.28. The first-order valence-electron chi connectivity index (χ1n) is 7.78. The average molecular weight is 343 g/mol. The smallest absolute Gasteiger partial charge is 0.276 e. The molecule has 1 aromatic carbocycles. The van der Waals surface area contributed by atoms with Crippen LogP contribution in [0.1, 0.15) is 35.1 Å². The minimum absolute atomic E-state index is 0.219. The molecule has 1 aliphatic heterocycles. The maximum atomic E-state index is 12.4. The Labute approximate surface area is 145 Å². The van der Waals surface area contributed by atoms with Gasteiger partial charge in [0.15, 0.2) is 10.9 Å². The van der Waals surface area contributed by atoms with Crippen LogP contribution >= 0.6 is 11.8 Å². The summed E-state index contributed by atoms with van der Waals surface area (Å²) in [5, 5.41) is 7.73. The summed E-state index contributed by atoms with van der Waals surface area (Å²) in [6, 6.07) is 9.54. The van der Waals surface area contributed by atoms with Crippen molar-refractivity contribution < 1.29 is 4.79 Å². The molecule has 3 N–H and O–H groups in total. The maximum absolute atomic E-state index is 12.4. The number of amidine groups is 1. The molecule has 2 aromatic rings. The second-order valence-corrected chi connectivity index (χ2v) is 7.27. The van der Waals surface area contributed by atoms with Crippen LogP contribution in [0.15, 0.2) is 35.3 Å². The summed E-state index contributed by atoms with van der Waals surface area (Å²) in [5.74, 6) is 0.721. The molecule has 7 heteroatoms. The van der Waals surface area contributed by atoms with Crippen molar-refractivity contribution in [3.8, 4) is 0 Å². The lowest BCUT2D eigenvalue weighted by atomic mass is 9.89. The summed E-state index contributed by atoms with van der Waals surface area (Å²) >= 11 is 1.58. The zero-order valence-electron chi connectivity index (χ0n) is 14.0. The molecule has 0 fully saturated rings. The highest BCUT2D eigenvalue weighted by Crippen LogP contribution is 2.35. The SMILES string of the molecule is Cc1cc(C(=O)Nc2cccc([C@]3(C)CCSC(N)=N3)c2)nn1C. The average Bonchev–Trinajstić information content (AvgIpc) is 2.87. The van der Waals surface area contributed by atoms with Gasteiger partial charge in [-0.2, -0.15) is 5.10 Å². The van der Waals surface area contributed by atoms with Crippen molar-refractivity contribution in [2.75, 3.05) is 11.1 Å². The van der Waals surface area contributed by atoms with E-state index in [1.165, 1.54) is 0 Å². The van der Waals surface area contributed by atoms with Gasteiger partial charge in [-0.3, -0.25) is 14.5 Å². The number of aliphatic imine (C=N–C) groups is 1. The number of anilines is 1. The quantitative estimate of drug-likeness (QED) is 0.897. The Bertz CT molecular complexity index is 794. The standard InChI is InChI=1S/C17H21N5OS/c1-11-9-14(21-22(11)3)15(23)19-13-6-4-5-12(10-13)17(2)7-8-24-16(18)20-17/h4-6,9-10H,7-8H2,1-3H3,(H2,18,20)(H,19,23)/t17-/m0/s1. The molecule has 0 spiro atoms. The lowest BCUT2D eigenvalue weighted by Crippen LogP contribution is -2.28. The number of amides is 1. The first kappa shape index (κ1) is 16.6. The van der Waals surface area contributed by atoms with Gasteiger partial charge in [0, 0.05) is 24.2 Å². The van der Waals surface area contributed by atoms with Crippen molar-refractivity contribution in [2.24, 2.45) is 17.8 Å². The number of aryl methyl sites for hydroxylation is 2. The lowest BCUT2D eigenvalue weighted by molar-refractivity contribution is 0.102. The highest BCUT2D eigenvalue weighted by atomic mass is 32.2. The second-order valence-electron chi connectivity index (χ2n) is 6.15. The monoisotopic (exact) mass is 343 g/mol. The Morgan fingerprint density at radius 2 is 2.21 bits per heavy atom. The number of hydrogen-bond acceptors (Lipinski definition) is 5. The number of nitrogens with two attached hydrogens (primary N) is 1. The Kier molecular flexibility index (Phi) is 4.36. The zero-order chi connectivity index (χ0) is 17.3. The predicted molar refractivity (Wildman–Crippen MR) is 98.4 cm³/mol. The molecule has 0 radical (unpaired) electrons. The van der Waals surface area contributed by atoms with Gasteiger partial charge in [0.1, 0.15) is 0 Å². The molecule has 1 amide bonds. The van der Waals surface area contributed by atoms with E-state index in [0.29, 0.717) is 10.9 Å². The van der Waals surface area contributed by atoms with Gasteiger partial charge < -0.3 is 11.1 Å². The number of nitrogens with one attached hydrogen (secondary N) is 1. The van der Waals surface area contributed by atoms with Crippen LogP contribution in [0, 0.1) is 6.92 Å². The summed E-state index contributed by atoms with van der Waals surface area (Å²) in [7, 11) is 1.82. The largest absolute Gasteiger partial charge is 0.379 e. The Morgan fingerprint density at radius 1 is 1.42 bits per heavy atom. The van der Waals surface area contributed by atoms with E-state index in [9.17, 15) is 4.79 Å². The third kappa shape index (κ3) is 3.31. The van der Waals surface area contributed by atoms with E-state index in [2.05, 4.69) is 22.3 Å². The lowest BCUT2D eigenvalue weighted by Gasteiger charge is -2.30. The number of carbonyl (C=O) groups is 1. The Hall–Kier alpha value is -2.28. The normalized spacial score (nSPS) is 20.5. The van der Waals surface area contributed by atoms with Crippen LogP contribution in [-0.4, -0.2) is 26.6 Å². The van der Waals surface area contributed by atoms with E-state index in [0.717, 1.165) is 29.1 Å². The summed E-state index contributed by atoms with van der Waals surface area (Å²) in [5.41, 5.74) is 8.66. The first-order valence-corrected chi connectivity index (χ1v) is 8.77. The van der Waals surface area contributed by atoms with Crippen molar-refractivity contribution in [1.82, 2.24) is 9.78 Å². The molecular formula is C17H21N5OS. The highest BCUT2D eigenvalue weighted by molar-refractivity contribution is 8.13. The molecule has 3 rings (SSSR count). The van der Waals surface area contributed by atoms with Crippen LogP contribution in [0.2, 0.25) is 0 Å². The fraction of sp³-hybridized carbons (Fsp3) is 0.353. The van der Waals surface area contributed by atoms with Crippen molar-refractivity contribution in [3.63, 3.8) is 0 Å². The summed E-state index contributed by atoms with van der Waals surface area (Å²) in [4.78, 5) is 17.0. The molecule has 126 valence electrons. The molecule has 0 saturated heterocycles. The third-order valence-corrected chi connectivity index (χ3v) is 5.08. The number of carbonyl (C=O) groups excluding carboxylic acids is 1. The first-order chi connectivity index (χ1) is 11.4. The molecule has 1 aromatic heterocycles. The minimum Gasteiger partial charge on any atom is -0.379 e. The van der Waals surface area contributed by atoms with Gasteiger partial charge in [-0.25, -0.2) is 0 Å². The van der Waals surface area contributed by atoms with Crippen LogP contribution in [0.25, 0.3) is 0 Å². The number of thioether (sulfide) groups is 1. The predicted octanol–water partition coefficient (Wildman–Crippen LogP) is 2.65. The van der Waals surface area contributed by atoms with E-state index in [-0.39, 0.29) is 11.4 Å². The topological polar surface area (TPSA) is 85.3 Å². The van der Waals surface area contributed by atoms with Gasteiger partial charge in [0.25, 0.3) is 5.91 Å². The number of rotatable bonds is 3. The molecule has 0 unspecified atom stereocenters. The fourth-order valence-corrected chi connectivity index (χ4v) is 3.67. The van der Waals surface area contributed by atoms with Crippen molar-refractivity contribution in [1.29, 1.82) is 0 Å². The van der Waals surface area contributed by atoms with Gasteiger partial charge in [-0.15, -0.1) is 0 Å². The van der Waals surface area contributed by atoms with Crippen LogP contribution in [0.3, 0.4) is 0 Å². The number of aromatic nitrogens is 2.